The van der Waals surface area contributed by atoms with Crippen LogP contribution < -0.4 is 4.74 Å². The van der Waals surface area contributed by atoms with Gasteiger partial charge in [0, 0.05) is 11.1 Å². The molecule has 2 aromatic carbocycles. The Labute approximate surface area is 118 Å². The summed E-state index contributed by atoms with van der Waals surface area (Å²) in [4.78, 5) is 0. The molecule has 2 rings (SSSR count). The monoisotopic (exact) mass is 295 g/mol. The first-order valence-corrected chi connectivity index (χ1v) is 5.86. The van der Waals surface area contributed by atoms with Crippen LogP contribution in [-0.2, 0) is 0 Å². The Hall–Kier alpha value is -2.55. The van der Waals surface area contributed by atoms with E-state index in [1.807, 2.05) is 0 Å². The maximum Gasteiger partial charge on any atom is 0.573 e. The Kier molecular flexibility index (Phi) is 3.85. The summed E-state index contributed by atoms with van der Waals surface area (Å²) in [6, 6.07) is 9.28. The standard InChI is InChI=1S/C15H9F4NO/c1-9-2-5-13(16)12(6-9)11-4-3-10(8-20)7-14(11)21-15(17,18)19/h2-7H,1H3. The van der Waals surface area contributed by atoms with Crippen molar-refractivity contribution in [1.29, 1.82) is 5.26 Å². The number of alkyl halides is 3. The lowest BCUT2D eigenvalue weighted by Crippen LogP contribution is -2.17. The average molecular weight is 295 g/mol. The van der Waals surface area contributed by atoms with Gasteiger partial charge in [-0.1, -0.05) is 11.6 Å². The van der Waals surface area contributed by atoms with Gasteiger partial charge in [-0.15, -0.1) is 13.2 Å². The number of hydrogen-bond acceptors (Lipinski definition) is 2. The smallest absolute Gasteiger partial charge is 0.405 e. The van der Waals surface area contributed by atoms with Crippen LogP contribution in [-0.4, -0.2) is 6.36 Å². The van der Waals surface area contributed by atoms with Crippen LogP contribution in [0, 0.1) is 24.1 Å². The third-order valence-corrected chi connectivity index (χ3v) is 2.75. The molecule has 108 valence electrons. The van der Waals surface area contributed by atoms with E-state index in [0.29, 0.717) is 5.56 Å². The topological polar surface area (TPSA) is 33.0 Å². The van der Waals surface area contributed by atoms with Crippen LogP contribution in [0.5, 0.6) is 5.75 Å². The van der Waals surface area contributed by atoms with Crippen molar-refractivity contribution in [3.8, 4) is 22.9 Å². The van der Waals surface area contributed by atoms with Crippen molar-refractivity contribution in [3.05, 3.63) is 53.3 Å². The molecule has 0 unspecified atom stereocenters. The first-order valence-electron chi connectivity index (χ1n) is 5.86. The van der Waals surface area contributed by atoms with Crippen molar-refractivity contribution < 1.29 is 22.3 Å². The third-order valence-electron chi connectivity index (χ3n) is 2.75. The molecular formula is C15H9F4NO. The maximum absolute atomic E-state index is 13.8. The highest BCUT2D eigenvalue weighted by atomic mass is 19.4. The van der Waals surface area contributed by atoms with E-state index in [1.54, 1.807) is 13.0 Å². The van der Waals surface area contributed by atoms with E-state index in [1.165, 1.54) is 30.3 Å². The number of benzene rings is 2. The van der Waals surface area contributed by atoms with Crippen LogP contribution in [0.25, 0.3) is 11.1 Å². The number of nitrogens with zero attached hydrogens (tertiary/aromatic N) is 1. The molecule has 0 saturated carbocycles. The highest BCUT2D eigenvalue weighted by molar-refractivity contribution is 5.72. The molecule has 0 aliphatic heterocycles. The van der Waals surface area contributed by atoms with Gasteiger partial charge in [-0.3, -0.25) is 0 Å². The summed E-state index contributed by atoms with van der Waals surface area (Å²) < 4.78 is 55.1. The molecule has 0 heterocycles. The summed E-state index contributed by atoms with van der Waals surface area (Å²) in [6.45, 7) is 1.69. The van der Waals surface area contributed by atoms with E-state index in [9.17, 15) is 17.6 Å². The van der Waals surface area contributed by atoms with Gasteiger partial charge in [-0.05, 0) is 37.3 Å². The van der Waals surface area contributed by atoms with E-state index in [2.05, 4.69) is 4.74 Å². The van der Waals surface area contributed by atoms with Gasteiger partial charge < -0.3 is 4.74 Å². The predicted octanol–water partition coefficient (Wildman–Crippen LogP) is 4.57. The molecule has 0 aliphatic rings. The van der Waals surface area contributed by atoms with Crippen molar-refractivity contribution in [1.82, 2.24) is 0 Å². The summed E-state index contributed by atoms with van der Waals surface area (Å²) in [5, 5.41) is 8.76. The Balaban J connectivity index is 2.62. The Morgan fingerprint density at radius 3 is 2.38 bits per heavy atom. The normalized spacial score (nSPS) is 11.0. The molecule has 0 saturated heterocycles. The van der Waals surface area contributed by atoms with E-state index in [0.717, 1.165) is 6.07 Å². The molecule has 2 aromatic rings. The second-order valence-corrected chi connectivity index (χ2v) is 4.35. The molecule has 0 aliphatic carbocycles. The molecule has 0 amide bonds. The maximum atomic E-state index is 13.8. The Morgan fingerprint density at radius 2 is 1.76 bits per heavy atom. The van der Waals surface area contributed by atoms with Gasteiger partial charge in [0.1, 0.15) is 11.6 Å². The number of rotatable bonds is 2. The SMILES string of the molecule is Cc1ccc(F)c(-c2ccc(C#N)cc2OC(F)(F)F)c1. The molecule has 0 bridgehead atoms. The minimum Gasteiger partial charge on any atom is -0.405 e. The summed E-state index contributed by atoms with van der Waals surface area (Å²) in [7, 11) is 0. The third kappa shape index (κ3) is 3.51. The lowest BCUT2D eigenvalue weighted by molar-refractivity contribution is -0.274. The fourth-order valence-electron chi connectivity index (χ4n) is 1.87. The first-order chi connectivity index (χ1) is 9.80. The largest absolute Gasteiger partial charge is 0.573 e. The number of hydrogen-bond donors (Lipinski definition) is 0. The summed E-state index contributed by atoms with van der Waals surface area (Å²) in [6.07, 6.45) is -4.93. The fraction of sp³-hybridized carbons (Fsp3) is 0.133. The van der Waals surface area contributed by atoms with Crippen molar-refractivity contribution in [3.63, 3.8) is 0 Å². The van der Waals surface area contributed by atoms with Crippen LogP contribution in [0.4, 0.5) is 17.6 Å². The Bertz CT molecular complexity index is 717. The zero-order valence-corrected chi connectivity index (χ0v) is 10.8. The molecule has 0 fully saturated rings. The van der Waals surface area contributed by atoms with E-state index in [-0.39, 0.29) is 16.7 Å². The molecule has 2 nitrogen and oxygen atoms in total. The molecule has 0 spiro atoms. The van der Waals surface area contributed by atoms with Crippen LogP contribution in [0.1, 0.15) is 11.1 Å². The van der Waals surface area contributed by atoms with Crippen LogP contribution in [0.15, 0.2) is 36.4 Å². The zero-order valence-electron chi connectivity index (χ0n) is 10.8. The van der Waals surface area contributed by atoms with E-state index in [4.69, 9.17) is 5.26 Å². The highest BCUT2D eigenvalue weighted by Gasteiger charge is 2.32. The molecule has 0 atom stereocenters. The van der Waals surface area contributed by atoms with Gasteiger partial charge in [0.05, 0.1) is 11.6 Å². The van der Waals surface area contributed by atoms with E-state index < -0.39 is 17.9 Å². The molecular weight excluding hydrogens is 286 g/mol. The first kappa shape index (κ1) is 14.9. The lowest BCUT2D eigenvalue weighted by atomic mass is 10.0. The van der Waals surface area contributed by atoms with Crippen molar-refractivity contribution >= 4 is 0 Å². The van der Waals surface area contributed by atoms with Crippen molar-refractivity contribution in [2.45, 2.75) is 13.3 Å². The van der Waals surface area contributed by atoms with Crippen LogP contribution in [0.3, 0.4) is 0 Å². The minimum absolute atomic E-state index is 0.00828. The quantitative estimate of drug-likeness (QED) is 0.760. The van der Waals surface area contributed by atoms with Gasteiger partial charge in [-0.25, -0.2) is 4.39 Å². The summed E-state index contributed by atoms with van der Waals surface area (Å²) >= 11 is 0. The van der Waals surface area contributed by atoms with Crippen LogP contribution >= 0.6 is 0 Å². The predicted molar refractivity (Wildman–Crippen MR) is 68.0 cm³/mol. The van der Waals surface area contributed by atoms with Gasteiger partial charge in [0.2, 0.25) is 0 Å². The summed E-state index contributed by atoms with van der Waals surface area (Å²) in [5.74, 6) is -1.27. The number of halogens is 4. The number of aryl methyl sites for hydroxylation is 1. The van der Waals surface area contributed by atoms with Crippen molar-refractivity contribution in [2.75, 3.05) is 0 Å². The second-order valence-electron chi connectivity index (χ2n) is 4.35. The molecule has 0 N–H and O–H groups in total. The number of ether oxygens (including phenoxy) is 1. The molecule has 0 aromatic heterocycles. The zero-order chi connectivity index (χ0) is 15.6. The van der Waals surface area contributed by atoms with Gasteiger partial charge >= 0.3 is 6.36 Å². The molecule has 6 heteroatoms. The lowest BCUT2D eigenvalue weighted by Gasteiger charge is -2.14. The van der Waals surface area contributed by atoms with Crippen LogP contribution in [0.2, 0.25) is 0 Å². The van der Waals surface area contributed by atoms with Crippen molar-refractivity contribution in [2.24, 2.45) is 0 Å². The molecule has 21 heavy (non-hydrogen) atoms. The van der Waals surface area contributed by atoms with E-state index >= 15 is 0 Å². The Morgan fingerprint density at radius 1 is 1.05 bits per heavy atom. The van der Waals surface area contributed by atoms with Gasteiger partial charge in [-0.2, -0.15) is 5.26 Å². The second kappa shape index (κ2) is 5.44. The molecule has 0 radical (unpaired) electrons. The summed E-state index contributed by atoms with van der Waals surface area (Å²) in [5.41, 5.74) is 0.603. The highest BCUT2D eigenvalue weighted by Crippen LogP contribution is 2.36. The average Bonchev–Trinajstić information content (AvgIpc) is 2.40. The number of nitriles is 1. The van der Waals surface area contributed by atoms with Gasteiger partial charge in [0.15, 0.2) is 0 Å². The minimum atomic E-state index is -4.93. The fourth-order valence-corrected chi connectivity index (χ4v) is 1.87. The van der Waals surface area contributed by atoms with Gasteiger partial charge in [0.25, 0.3) is 0 Å².